The first-order valence-electron chi connectivity index (χ1n) is 7.26. The summed E-state index contributed by atoms with van der Waals surface area (Å²) >= 11 is 0. The lowest BCUT2D eigenvalue weighted by Gasteiger charge is -2.01. The van der Waals surface area contributed by atoms with E-state index in [9.17, 15) is 14.4 Å². The first-order chi connectivity index (χ1) is 10.6. The number of rotatable bonds is 7. The molecule has 2 aromatic rings. The van der Waals surface area contributed by atoms with Crippen molar-refractivity contribution in [2.75, 3.05) is 5.75 Å². The predicted octanol–water partition coefficient (Wildman–Crippen LogP) is 3.84. The van der Waals surface area contributed by atoms with Gasteiger partial charge >= 0.3 is 0 Å². The van der Waals surface area contributed by atoms with Gasteiger partial charge in [0.15, 0.2) is 11.5 Å². The summed E-state index contributed by atoms with van der Waals surface area (Å²) < 4.78 is 11.9. The molecule has 22 heavy (non-hydrogen) atoms. The highest BCUT2D eigenvalue weighted by Gasteiger charge is 1.99. The number of aryl methyl sites for hydroxylation is 1. The Bertz CT molecular complexity index is 651. The van der Waals surface area contributed by atoms with Crippen LogP contribution in [0.1, 0.15) is 24.0 Å². The van der Waals surface area contributed by atoms with E-state index in [1.165, 1.54) is 17.7 Å². The largest absolute Gasteiger partial charge is 0.504 e. The van der Waals surface area contributed by atoms with Gasteiger partial charge in [0.2, 0.25) is 0 Å². The SMILES string of the molecule is O=S(/C=C/c1ccc(O)c(O)c1)CCCCc1ccccc1. The Kier molecular flexibility index (Phi) is 6.22. The van der Waals surface area contributed by atoms with Gasteiger partial charge in [-0.05, 0) is 48.6 Å². The number of hydrogen-bond acceptors (Lipinski definition) is 3. The van der Waals surface area contributed by atoms with Crippen LogP contribution in [0.25, 0.3) is 6.08 Å². The molecule has 2 aromatic carbocycles. The van der Waals surface area contributed by atoms with E-state index in [0.29, 0.717) is 11.3 Å². The van der Waals surface area contributed by atoms with Crippen molar-refractivity contribution in [2.45, 2.75) is 19.3 Å². The molecule has 0 bridgehead atoms. The van der Waals surface area contributed by atoms with E-state index in [-0.39, 0.29) is 11.5 Å². The fourth-order valence-electron chi connectivity index (χ4n) is 2.08. The highest BCUT2D eigenvalue weighted by molar-refractivity contribution is 7.88. The fourth-order valence-corrected chi connectivity index (χ4v) is 3.02. The molecule has 0 spiro atoms. The second kappa shape index (κ2) is 8.39. The first kappa shape index (κ1) is 16.3. The molecule has 0 saturated carbocycles. The Balaban J connectivity index is 1.73. The van der Waals surface area contributed by atoms with Crippen LogP contribution < -0.4 is 0 Å². The molecule has 0 aliphatic heterocycles. The van der Waals surface area contributed by atoms with Crippen molar-refractivity contribution in [2.24, 2.45) is 0 Å². The molecule has 0 radical (unpaired) electrons. The summed E-state index contributed by atoms with van der Waals surface area (Å²) in [5.74, 6) is 0.308. The third-order valence-electron chi connectivity index (χ3n) is 3.32. The lowest BCUT2D eigenvalue weighted by molar-refractivity contribution is 0.403. The Morgan fingerprint density at radius 2 is 1.73 bits per heavy atom. The van der Waals surface area contributed by atoms with Crippen molar-refractivity contribution in [3.63, 3.8) is 0 Å². The van der Waals surface area contributed by atoms with Crippen LogP contribution in [-0.4, -0.2) is 20.2 Å². The molecule has 0 saturated heterocycles. The quantitative estimate of drug-likeness (QED) is 0.603. The van der Waals surface area contributed by atoms with E-state index in [2.05, 4.69) is 12.1 Å². The highest BCUT2D eigenvalue weighted by Crippen LogP contribution is 2.25. The van der Waals surface area contributed by atoms with Gasteiger partial charge in [-0.2, -0.15) is 0 Å². The molecule has 0 heterocycles. The predicted molar refractivity (Wildman–Crippen MR) is 91.2 cm³/mol. The monoisotopic (exact) mass is 316 g/mol. The first-order valence-corrected chi connectivity index (χ1v) is 8.64. The summed E-state index contributed by atoms with van der Waals surface area (Å²) in [5, 5.41) is 20.2. The van der Waals surface area contributed by atoms with Gasteiger partial charge in [0, 0.05) is 22.0 Å². The van der Waals surface area contributed by atoms with Crippen molar-refractivity contribution in [1.82, 2.24) is 0 Å². The van der Waals surface area contributed by atoms with Crippen LogP contribution in [0.15, 0.2) is 53.9 Å². The maximum absolute atomic E-state index is 11.9. The molecule has 3 nitrogen and oxygen atoms in total. The van der Waals surface area contributed by atoms with E-state index in [1.807, 2.05) is 18.2 Å². The number of unbranched alkanes of at least 4 members (excludes halogenated alkanes) is 1. The molecule has 0 fully saturated rings. The van der Waals surface area contributed by atoms with Crippen LogP contribution in [0.2, 0.25) is 0 Å². The summed E-state index contributed by atoms with van der Waals surface area (Å²) in [6, 6.07) is 14.8. The van der Waals surface area contributed by atoms with Gasteiger partial charge in [-0.3, -0.25) is 4.21 Å². The third-order valence-corrected chi connectivity index (χ3v) is 4.45. The Hall–Kier alpha value is -2.07. The molecular formula is C18H20O3S. The van der Waals surface area contributed by atoms with E-state index >= 15 is 0 Å². The van der Waals surface area contributed by atoms with Gasteiger partial charge in [-0.25, -0.2) is 0 Å². The summed E-state index contributed by atoms with van der Waals surface area (Å²) in [6.45, 7) is 0. The number of phenols is 2. The minimum atomic E-state index is -1.02. The van der Waals surface area contributed by atoms with Crippen LogP contribution in [0.4, 0.5) is 0 Å². The standard InChI is InChI=1S/C18H20O3S/c19-17-10-9-16(14-18(17)20)11-13-22(21)12-5-4-8-15-6-2-1-3-7-15/h1-3,6-7,9-11,13-14,19-20H,4-5,8,12H2/b13-11+. The molecule has 0 amide bonds. The van der Waals surface area contributed by atoms with Crippen molar-refractivity contribution in [1.29, 1.82) is 0 Å². The van der Waals surface area contributed by atoms with Gasteiger partial charge in [-0.1, -0.05) is 36.4 Å². The van der Waals surface area contributed by atoms with Crippen LogP contribution in [-0.2, 0) is 17.2 Å². The second-order valence-corrected chi connectivity index (χ2v) is 6.52. The average molecular weight is 316 g/mol. The number of hydrogen-bond donors (Lipinski definition) is 2. The van der Waals surface area contributed by atoms with E-state index in [0.717, 1.165) is 19.3 Å². The molecule has 1 unspecified atom stereocenters. The number of aromatic hydroxyl groups is 2. The fraction of sp³-hybridized carbons (Fsp3) is 0.222. The highest BCUT2D eigenvalue weighted by atomic mass is 32.2. The molecule has 2 rings (SSSR count). The van der Waals surface area contributed by atoms with Gasteiger partial charge in [-0.15, -0.1) is 0 Å². The normalized spacial score (nSPS) is 12.5. The van der Waals surface area contributed by atoms with Gasteiger partial charge in [0.1, 0.15) is 0 Å². The lowest BCUT2D eigenvalue weighted by Crippen LogP contribution is -1.95. The summed E-state index contributed by atoms with van der Waals surface area (Å²) in [6.07, 6.45) is 4.64. The molecule has 4 heteroatoms. The van der Waals surface area contributed by atoms with Gasteiger partial charge < -0.3 is 10.2 Å². The topological polar surface area (TPSA) is 57.5 Å². The zero-order valence-electron chi connectivity index (χ0n) is 12.3. The lowest BCUT2D eigenvalue weighted by atomic mass is 10.1. The van der Waals surface area contributed by atoms with E-state index in [1.54, 1.807) is 17.6 Å². The minimum Gasteiger partial charge on any atom is -0.504 e. The molecule has 0 aromatic heterocycles. The summed E-state index contributed by atoms with van der Waals surface area (Å²) in [4.78, 5) is 0. The summed E-state index contributed by atoms with van der Waals surface area (Å²) in [5.41, 5.74) is 2.02. The van der Waals surface area contributed by atoms with E-state index < -0.39 is 10.8 Å². The van der Waals surface area contributed by atoms with Crippen molar-refractivity contribution in [3.05, 3.63) is 65.1 Å². The summed E-state index contributed by atoms with van der Waals surface area (Å²) in [7, 11) is -1.02. The molecule has 2 N–H and O–H groups in total. The van der Waals surface area contributed by atoms with Gasteiger partial charge in [0.05, 0.1) is 0 Å². The van der Waals surface area contributed by atoms with Crippen LogP contribution >= 0.6 is 0 Å². The van der Waals surface area contributed by atoms with Crippen molar-refractivity contribution >= 4 is 16.9 Å². The number of phenolic OH excluding ortho intramolecular Hbond substituents is 2. The smallest absolute Gasteiger partial charge is 0.157 e. The Morgan fingerprint density at radius 1 is 0.955 bits per heavy atom. The molecular weight excluding hydrogens is 296 g/mol. The Morgan fingerprint density at radius 3 is 2.45 bits per heavy atom. The number of benzene rings is 2. The third kappa shape index (κ3) is 5.37. The molecule has 116 valence electrons. The average Bonchev–Trinajstić information content (AvgIpc) is 2.54. The molecule has 1 atom stereocenters. The maximum atomic E-state index is 11.9. The maximum Gasteiger partial charge on any atom is 0.157 e. The van der Waals surface area contributed by atoms with Crippen molar-refractivity contribution in [3.8, 4) is 11.5 Å². The second-order valence-electron chi connectivity index (χ2n) is 5.08. The van der Waals surface area contributed by atoms with Crippen LogP contribution in [0.5, 0.6) is 11.5 Å². The molecule has 0 aliphatic carbocycles. The van der Waals surface area contributed by atoms with Crippen LogP contribution in [0, 0.1) is 0 Å². The minimum absolute atomic E-state index is 0.154. The van der Waals surface area contributed by atoms with Crippen molar-refractivity contribution < 1.29 is 14.4 Å². The zero-order valence-corrected chi connectivity index (χ0v) is 13.1. The van der Waals surface area contributed by atoms with E-state index in [4.69, 9.17) is 0 Å². The zero-order chi connectivity index (χ0) is 15.8. The van der Waals surface area contributed by atoms with Gasteiger partial charge in [0.25, 0.3) is 0 Å². The van der Waals surface area contributed by atoms with Crippen LogP contribution in [0.3, 0.4) is 0 Å². The molecule has 0 aliphatic rings. The Labute approximate surface area is 133 Å².